The van der Waals surface area contributed by atoms with Crippen molar-refractivity contribution in [2.75, 3.05) is 11.9 Å². The molecule has 88 valence electrons. The second-order valence-electron chi connectivity index (χ2n) is 3.68. The zero-order valence-corrected chi connectivity index (χ0v) is 9.44. The summed E-state index contributed by atoms with van der Waals surface area (Å²) >= 11 is 0. The molecule has 1 atom stereocenters. The van der Waals surface area contributed by atoms with Crippen LogP contribution < -0.4 is 16.8 Å². The Bertz CT molecular complexity index is 336. The summed E-state index contributed by atoms with van der Waals surface area (Å²) in [7, 11) is 0. The predicted octanol–water partition coefficient (Wildman–Crippen LogP) is 0.720. The average Bonchev–Trinajstić information content (AvgIpc) is 2.29. The summed E-state index contributed by atoms with van der Waals surface area (Å²) in [4.78, 5) is 14.9. The van der Waals surface area contributed by atoms with E-state index in [2.05, 4.69) is 17.2 Å². The van der Waals surface area contributed by atoms with Crippen LogP contribution in [0, 0.1) is 0 Å². The van der Waals surface area contributed by atoms with E-state index in [-0.39, 0.29) is 6.04 Å². The maximum Gasteiger partial charge on any atom is 0.250 e. The van der Waals surface area contributed by atoms with E-state index in [1.807, 2.05) is 0 Å². The maximum atomic E-state index is 10.8. The van der Waals surface area contributed by atoms with E-state index in [4.69, 9.17) is 11.5 Å². The highest BCUT2D eigenvalue weighted by Gasteiger charge is 2.01. The number of nitrogens with one attached hydrogen (secondary N) is 1. The van der Waals surface area contributed by atoms with Crippen molar-refractivity contribution in [3.05, 3.63) is 23.9 Å². The summed E-state index contributed by atoms with van der Waals surface area (Å²) in [5, 5.41) is 3.13. The summed E-state index contributed by atoms with van der Waals surface area (Å²) in [5.41, 5.74) is 11.3. The minimum Gasteiger partial charge on any atom is -0.370 e. The van der Waals surface area contributed by atoms with Crippen molar-refractivity contribution >= 4 is 11.7 Å². The topological polar surface area (TPSA) is 94.0 Å². The second-order valence-corrected chi connectivity index (χ2v) is 3.68. The van der Waals surface area contributed by atoms with Gasteiger partial charge in [-0.1, -0.05) is 6.92 Å². The first-order valence-electron chi connectivity index (χ1n) is 5.38. The predicted molar refractivity (Wildman–Crippen MR) is 64.1 cm³/mol. The molecule has 5 N–H and O–H groups in total. The largest absolute Gasteiger partial charge is 0.370 e. The van der Waals surface area contributed by atoms with E-state index < -0.39 is 5.91 Å². The third-order valence-corrected chi connectivity index (χ3v) is 2.39. The van der Waals surface area contributed by atoms with Gasteiger partial charge >= 0.3 is 0 Å². The lowest BCUT2D eigenvalue weighted by atomic mass is 10.2. The third-order valence-electron chi connectivity index (χ3n) is 2.39. The number of carbonyl (C=O) groups is 1. The Hall–Kier alpha value is -1.62. The van der Waals surface area contributed by atoms with Crippen molar-refractivity contribution in [1.29, 1.82) is 0 Å². The van der Waals surface area contributed by atoms with Gasteiger partial charge in [-0.3, -0.25) is 4.79 Å². The van der Waals surface area contributed by atoms with E-state index in [9.17, 15) is 4.79 Å². The number of anilines is 1. The van der Waals surface area contributed by atoms with Crippen molar-refractivity contribution < 1.29 is 4.79 Å². The standard InChI is InChI=1S/C11H18N4O/c1-2-9(12)5-6-14-10-4-3-8(7-15-10)11(13)16/h3-4,7,9H,2,5-6,12H2,1H3,(H2,13,16)(H,14,15). The normalized spacial score (nSPS) is 12.1. The van der Waals surface area contributed by atoms with Crippen molar-refractivity contribution in [3.63, 3.8) is 0 Å². The molecule has 0 fully saturated rings. The molecule has 0 aliphatic carbocycles. The summed E-state index contributed by atoms with van der Waals surface area (Å²) < 4.78 is 0. The Labute approximate surface area is 95.2 Å². The number of carbonyl (C=O) groups excluding carboxylic acids is 1. The molecule has 5 nitrogen and oxygen atoms in total. The van der Waals surface area contributed by atoms with Gasteiger partial charge in [0.25, 0.3) is 0 Å². The number of nitrogens with zero attached hydrogens (tertiary/aromatic N) is 1. The molecule has 0 aliphatic heterocycles. The zero-order chi connectivity index (χ0) is 12.0. The van der Waals surface area contributed by atoms with E-state index in [1.54, 1.807) is 12.1 Å². The number of amides is 1. The molecule has 5 heteroatoms. The van der Waals surface area contributed by atoms with Crippen LogP contribution in [0.4, 0.5) is 5.82 Å². The van der Waals surface area contributed by atoms with Gasteiger partial charge in [-0.2, -0.15) is 0 Å². The highest BCUT2D eigenvalue weighted by Crippen LogP contribution is 2.05. The number of hydrogen-bond donors (Lipinski definition) is 3. The van der Waals surface area contributed by atoms with E-state index in [1.165, 1.54) is 6.20 Å². The SMILES string of the molecule is CCC(N)CCNc1ccc(C(N)=O)cn1. The molecule has 0 bridgehead atoms. The van der Waals surface area contributed by atoms with Gasteiger partial charge in [0, 0.05) is 18.8 Å². The molecule has 0 spiro atoms. The number of aromatic nitrogens is 1. The Morgan fingerprint density at radius 3 is 2.81 bits per heavy atom. The van der Waals surface area contributed by atoms with Crippen molar-refractivity contribution in [2.24, 2.45) is 11.5 Å². The quantitative estimate of drug-likeness (QED) is 0.661. The lowest BCUT2D eigenvalue weighted by Gasteiger charge is -2.09. The molecule has 0 aliphatic rings. The molecule has 1 aromatic heterocycles. The molecule has 1 rings (SSSR count). The van der Waals surface area contributed by atoms with E-state index >= 15 is 0 Å². The van der Waals surface area contributed by atoms with Crippen LogP contribution in [-0.2, 0) is 0 Å². The van der Waals surface area contributed by atoms with Crippen molar-refractivity contribution in [1.82, 2.24) is 4.98 Å². The molecule has 1 unspecified atom stereocenters. The molecule has 16 heavy (non-hydrogen) atoms. The highest BCUT2D eigenvalue weighted by atomic mass is 16.1. The van der Waals surface area contributed by atoms with Gasteiger partial charge in [0.2, 0.25) is 5.91 Å². The van der Waals surface area contributed by atoms with E-state index in [0.29, 0.717) is 5.56 Å². The fourth-order valence-corrected chi connectivity index (χ4v) is 1.23. The van der Waals surface area contributed by atoms with Gasteiger partial charge in [-0.05, 0) is 25.0 Å². The van der Waals surface area contributed by atoms with Crippen LogP contribution in [0.5, 0.6) is 0 Å². The smallest absolute Gasteiger partial charge is 0.250 e. The highest BCUT2D eigenvalue weighted by molar-refractivity contribution is 5.92. The summed E-state index contributed by atoms with van der Waals surface area (Å²) in [6, 6.07) is 3.60. The molecule has 1 heterocycles. The second kappa shape index (κ2) is 6.07. The number of nitrogens with two attached hydrogens (primary N) is 2. The number of rotatable bonds is 6. The molecule has 1 aromatic rings. The number of pyridine rings is 1. The Morgan fingerprint density at radius 2 is 2.31 bits per heavy atom. The Balaban J connectivity index is 2.40. The van der Waals surface area contributed by atoms with Gasteiger partial charge in [0.1, 0.15) is 5.82 Å². The summed E-state index contributed by atoms with van der Waals surface area (Å²) in [6.07, 6.45) is 3.33. The van der Waals surface area contributed by atoms with Crippen LogP contribution >= 0.6 is 0 Å². The Kier molecular flexibility index (Phi) is 4.72. The van der Waals surface area contributed by atoms with Crippen LogP contribution in [0.3, 0.4) is 0 Å². The lowest BCUT2D eigenvalue weighted by molar-refractivity contribution is 0.1000. The monoisotopic (exact) mass is 222 g/mol. The summed E-state index contributed by atoms with van der Waals surface area (Å²) in [6.45, 7) is 2.84. The maximum absolute atomic E-state index is 10.8. The third kappa shape index (κ3) is 3.86. The zero-order valence-electron chi connectivity index (χ0n) is 9.44. The molecule has 0 radical (unpaired) electrons. The first-order valence-corrected chi connectivity index (χ1v) is 5.38. The Morgan fingerprint density at radius 1 is 1.56 bits per heavy atom. The molecule has 1 amide bonds. The number of hydrogen-bond acceptors (Lipinski definition) is 4. The van der Waals surface area contributed by atoms with Gasteiger partial charge in [0.05, 0.1) is 5.56 Å². The van der Waals surface area contributed by atoms with Gasteiger partial charge in [-0.15, -0.1) is 0 Å². The van der Waals surface area contributed by atoms with Gasteiger partial charge < -0.3 is 16.8 Å². The minimum atomic E-state index is -0.466. The molecule has 0 aromatic carbocycles. The van der Waals surface area contributed by atoms with Crippen molar-refractivity contribution in [3.8, 4) is 0 Å². The molecular weight excluding hydrogens is 204 g/mol. The van der Waals surface area contributed by atoms with Crippen LogP contribution in [0.15, 0.2) is 18.3 Å². The first kappa shape index (κ1) is 12.4. The average molecular weight is 222 g/mol. The van der Waals surface area contributed by atoms with Crippen LogP contribution in [0.2, 0.25) is 0 Å². The van der Waals surface area contributed by atoms with Crippen LogP contribution in [0.1, 0.15) is 30.1 Å². The minimum absolute atomic E-state index is 0.220. The van der Waals surface area contributed by atoms with Gasteiger partial charge in [0.15, 0.2) is 0 Å². The fourth-order valence-electron chi connectivity index (χ4n) is 1.23. The van der Waals surface area contributed by atoms with Crippen molar-refractivity contribution in [2.45, 2.75) is 25.8 Å². The molecule has 0 saturated heterocycles. The summed E-state index contributed by atoms with van der Waals surface area (Å²) in [5.74, 6) is 0.264. The molecular formula is C11H18N4O. The molecule has 0 saturated carbocycles. The fraction of sp³-hybridized carbons (Fsp3) is 0.455. The van der Waals surface area contributed by atoms with E-state index in [0.717, 1.165) is 25.2 Å². The van der Waals surface area contributed by atoms with Crippen LogP contribution in [0.25, 0.3) is 0 Å². The number of primary amides is 1. The van der Waals surface area contributed by atoms with Crippen LogP contribution in [-0.4, -0.2) is 23.5 Å². The lowest BCUT2D eigenvalue weighted by Crippen LogP contribution is -2.22. The van der Waals surface area contributed by atoms with Gasteiger partial charge in [-0.25, -0.2) is 4.98 Å². The first-order chi connectivity index (χ1) is 7.63.